The number of rotatable bonds is 5. The first kappa shape index (κ1) is 17.4. The highest BCUT2D eigenvalue weighted by atomic mass is 79.9. The van der Waals surface area contributed by atoms with Gasteiger partial charge in [-0.3, -0.25) is 9.59 Å². The summed E-state index contributed by atoms with van der Waals surface area (Å²) in [5, 5.41) is 10.3. The molecule has 0 fully saturated rings. The van der Waals surface area contributed by atoms with Crippen LogP contribution in [-0.2, 0) is 6.42 Å². The standard InChI is InChI=1S/C17H19BrN2O3/c1-3-11-8-14(16(22)19-9-11)17(23)20(2)10-15(21)12-4-6-13(18)7-5-12/h4-9,15,21H,3,10H2,1-2H3,(H,19,22). The number of aliphatic hydroxyl groups is 1. The summed E-state index contributed by atoms with van der Waals surface area (Å²) in [5.74, 6) is -0.405. The molecule has 1 amide bonds. The molecule has 0 bridgehead atoms. The number of nitrogens with zero attached hydrogens (tertiary/aromatic N) is 1. The van der Waals surface area contributed by atoms with Gasteiger partial charge in [0, 0.05) is 17.7 Å². The minimum Gasteiger partial charge on any atom is -0.387 e. The van der Waals surface area contributed by atoms with E-state index in [1.54, 1.807) is 31.4 Å². The number of nitrogens with one attached hydrogen (secondary N) is 1. The molecule has 6 heteroatoms. The third-order valence-electron chi connectivity index (χ3n) is 3.65. The third kappa shape index (κ3) is 4.30. The van der Waals surface area contributed by atoms with Crippen molar-refractivity contribution >= 4 is 21.8 Å². The summed E-state index contributed by atoms with van der Waals surface area (Å²) in [5.41, 5.74) is 1.27. The van der Waals surface area contributed by atoms with Crippen LogP contribution in [0.15, 0.2) is 45.8 Å². The molecular formula is C17H19BrN2O3. The lowest BCUT2D eigenvalue weighted by atomic mass is 10.1. The van der Waals surface area contributed by atoms with E-state index in [1.807, 2.05) is 19.1 Å². The van der Waals surface area contributed by atoms with Crippen LogP contribution >= 0.6 is 15.9 Å². The molecule has 2 aromatic rings. The van der Waals surface area contributed by atoms with E-state index < -0.39 is 17.6 Å². The molecule has 2 N–H and O–H groups in total. The molecule has 1 atom stereocenters. The van der Waals surface area contributed by atoms with Crippen LogP contribution in [0.4, 0.5) is 0 Å². The second kappa shape index (κ2) is 7.57. The van der Waals surface area contributed by atoms with Crippen molar-refractivity contribution in [2.24, 2.45) is 0 Å². The molecule has 1 aromatic heterocycles. The van der Waals surface area contributed by atoms with E-state index in [4.69, 9.17) is 0 Å². The van der Waals surface area contributed by atoms with Gasteiger partial charge in [-0.1, -0.05) is 35.0 Å². The lowest BCUT2D eigenvalue weighted by Crippen LogP contribution is -2.34. The zero-order chi connectivity index (χ0) is 17.0. The highest BCUT2D eigenvalue weighted by Crippen LogP contribution is 2.18. The van der Waals surface area contributed by atoms with E-state index in [-0.39, 0.29) is 12.1 Å². The topological polar surface area (TPSA) is 73.4 Å². The summed E-state index contributed by atoms with van der Waals surface area (Å²) in [6.07, 6.45) is 1.52. The van der Waals surface area contributed by atoms with Crippen LogP contribution in [0.25, 0.3) is 0 Å². The lowest BCUT2D eigenvalue weighted by Gasteiger charge is -2.21. The largest absolute Gasteiger partial charge is 0.387 e. The zero-order valence-electron chi connectivity index (χ0n) is 13.0. The highest BCUT2D eigenvalue weighted by Gasteiger charge is 2.19. The first-order valence-electron chi connectivity index (χ1n) is 7.33. The number of benzene rings is 1. The van der Waals surface area contributed by atoms with Crippen molar-refractivity contribution in [2.45, 2.75) is 19.4 Å². The molecule has 0 aliphatic carbocycles. The van der Waals surface area contributed by atoms with Crippen molar-refractivity contribution in [1.29, 1.82) is 0 Å². The molecule has 5 nitrogen and oxygen atoms in total. The summed E-state index contributed by atoms with van der Waals surface area (Å²) < 4.78 is 0.917. The fraction of sp³-hybridized carbons (Fsp3) is 0.294. The average molecular weight is 379 g/mol. The lowest BCUT2D eigenvalue weighted by molar-refractivity contribution is 0.0679. The number of carbonyl (C=O) groups excluding carboxylic acids is 1. The van der Waals surface area contributed by atoms with Gasteiger partial charge in [-0.05, 0) is 35.7 Å². The predicted octanol–water partition coefficient (Wildman–Crippen LogP) is 2.51. The number of pyridine rings is 1. The number of likely N-dealkylation sites (N-methyl/N-ethyl adjacent to an activating group) is 1. The van der Waals surface area contributed by atoms with Gasteiger partial charge in [0.1, 0.15) is 5.56 Å². The molecule has 1 unspecified atom stereocenters. The Morgan fingerprint density at radius 3 is 2.61 bits per heavy atom. The number of amides is 1. The Labute approximate surface area is 143 Å². The summed E-state index contributed by atoms with van der Waals surface area (Å²) >= 11 is 3.34. The second-order valence-electron chi connectivity index (χ2n) is 5.36. The van der Waals surface area contributed by atoms with Crippen molar-refractivity contribution in [3.8, 4) is 0 Å². The van der Waals surface area contributed by atoms with Crippen molar-refractivity contribution < 1.29 is 9.90 Å². The number of aromatic amines is 1. The van der Waals surface area contributed by atoms with Crippen molar-refractivity contribution in [3.63, 3.8) is 0 Å². The van der Waals surface area contributed by atoms with Gasteiger partial charge in [-0.15, -0.1) is 0 Å². The molecule has 0 radical (unpaired) electrons. The average Bonchev–Trinajstić information content (AvgIpc) is 2.55. The molecule has 1 aromatic carbocycles. The van der Waals surface area contributed by atoms with Crippen LogP contribution in [0.5, 0.6) is 0 Å². The maximum absolute atomic E-state index is 12.4. The van der Waals surface area contributed by atoms with E-state index in [0.717, 1.165) is 16.5 Å². The number of hydrogen-bond acceptors (Lipinski definition) is 3. The quantitative estimate of drug-likeness (QED) is 0.839. The van der Waals surface area contributed by atoms with Gasteiger partial charge in [0.25, 0.3) is 11.5 Å². The summed E-state index contributed by atoms with van der Waals surface area (Å²) in [6.45, 7) is 2.05. The molecule has 0 spiro atoms. The summed E-state index contributed by atoms with van der Waals surface area (Å²) in [4.78, 5) is 28.2. The molecule has 2 rings (SSSR count). The minimum atomic E-state index is -0.814. The Bertz CT molecular complexity index is 740. The van der Waals surface area contributed by atoms with E-state index in [1.165, 1.54) is 4.90 Å². The molecular weight excluding hydrogens is 360 g/mol. The number of aromatic nitrogens is 1. The first-order valence-corrected chi connectivity index (χ1v) is 8.12. The molecule has 0 saturated heterocycles. The zero-order valence-corrected chi connectivity index (χ0v) is 14.6. The molecule has 122 valence electrons. The maximum Gasteiger partial charge on any atom is 0.260 e. The number of carbonyl (C=O) groups is 1. The Balaban J connectivity index is 2.13. The van der Waals surface area contributed by atoms with Crippen LogP contribution in [0.3, 0.4) is 0 Å². The molecule has 0 aliphatic rings. The van der Waals surface area contributed by atoms with Crippen LogP contribution in [0, 0.1) is 0 Å². The van der Waals surface area contributed by atoms with Crippen molar-refractivity contribution in [3.05, 3.63) is 68.0 Å². The van der Waals surface area contributed by atoms with Gasteiger partial charge in [0.2, 0.25) is 0 Å². The summed E-state index contributed by atoms with van der Waals surface area (Å²) in [7, 11) is 1.57. The SMILES string of the molecule is CCc1c[nH]c(=O)c(C(=O)N(C)CC(O)c2ccc(Br)cc2)c1. The summed E-state index contributed by atoms with van der Waals surface area (Å²) in [6, 6.07) is 8.84. The van der Waals surface area contributed by atoms with Crippen LogP contribution in [0.2, 0.25) is 0 Å². The van der Waals surface area contributed by atoms with Crippen LogP contribution < -0.4 is 5.56 Å². The second-order valence-corrected chi connectivity index (χ2v) is 6.27. The normalized spacial score (nSPS) is 12.0. The Morgan fingerprint density at radius 1 is 1.35 bits per heavy atom. The van der Waals surface area contributed by atoms with Gasteiger partial charge < -0.3 is 15.0 Å². The van der Waals surface area contributed by atoms with Crippen LogP contribution in [0.1, 0.15) is 34.5 Å². The van der Waals surface area contributed by atoms with Gasteiger partial charge >= 0.3 is 0 Å². The van der Waals surface area contributed by atoms with E-state index in [9.17, 15) is 14.7 Å². The van der Waals surface area contributed by atoms with Gasteiger partial charge in [0.15, 0.2) is 0 Å². The molecule has 1 heterocycles. The number of hydrogen-bond donors (Lipinski definition) is 2. The monoisotopic (exact) mass is 378 g/mol. The van der Waals surface area contributed by atoms with Gasteiger partial charge in [0.05, 0.1) is 12.6 Å². The fourth-order valence-corrected chi connectivity index (χ4v) is 2.49. The smallest absolute Gasteiger partial charge is 0.260 e. The van der Waals surface area contributed by atoms with E-state index >= 15 is 0 Å². The maximum atomic E-state index is 12.4. The number of aliphatic hydroxyl groups excluding tert-OH is 1. The van der Waals surface area contributed by atoms with Gasteiger partial charge in [-0.25, -0.2) is 0 Å². The first-order chi connectivity index (χ1) is 10.9. The van der Waals surface area contributed by atoms with Crippen LogP contribution in [-0.4, -0.2) is 34.5 Å². The predicted molar refractivity (Wildman–Crippen MR) is 92.5 cm³/mol. The fourth-order valence-electron chi connectivity index (χ4n) is 2.23. The van der Waals surface area contributed by atoms with Crippen molar-refractivity contribution in [1.82, 2.24) is 9.88 Å². The Morgan fingerprint density at radius 2 is 2.00 bits per heavy atom. The highest BCUT2D eigenvalue weighted by molar-refractivity contribution is 9.10. The molecule has 23 heavy (non-hydrogen) atoms. The third-order valence-corrected chi connectivity index (χ3v) is 4.18. The number of aryl methyl sites for hydroxylation is 1. The Kier molecular flexibility index (Phi) is 5.74. The van der Waals surface area contributed by atoms with Crippen molar-refractivity contribution in [2.75, 3.05) is 13.6 Å². The number of halogens is 1. The van der Waals surface area contributed by atoms with E-state index in [2.05, 4.69) is 20.9 Å². The number of H-pyrrole nitrogens is 1. The Hall–Kier alpha value is -1.92. The van der Waals surface area contributed by atoms with E-state index in [0.29, 0.717) is 5.56 Å². The minimum absolute atomic E-state index is 0.0925. The molecule has 0 aliphatic heterocycles. The van der Waals surface area contributed by atoms with Gasteiger partial charge in [-0.2, -0.15) is 0 Å². The molecule has 0 saturated carbocycles.